The molecule has 1 amide bonds. The Labute approximate surface area is 187 Å². The van der Waals surface area contributed by atoms with Crippen LogP contribution < -0.4 is 5.32 Å². The van der Waals surface area contributed by atoms with E-state index in [-0.39, 0.29) is 48.3 Å². The topological polar surface area (TPSA) is 103 Å². The minimum absolute atomic E-state index is 0.0668. The summed E-state index contributed by atoms with van der Waals surface area (Å²) in [6.45, 7) is 3.03. The van der Waals surface area contributed by atoms with E-state index in [4.69, 9.17) is 0 Å². The fourth-order valence-corrected chi connectivity index (χ4v) is 3.40. The number of halogens is 4. The number of nitrogens with zero attached hydrogens (tertiary/aromatic N) is 2. The molecule has 0 aliphatic heterocycles. The maximum Gasteiger partial charge on any atom is 0.411 e. The maximum atomic E-state index is 14.5. The monoisotopic (exact) mass is 463 g/mol. The number of Topliss-reactive ketones (excluding diaryl/α,β-unsaturated/α-hetero) is 1. The van der Waals surface area contributed by atoms with Crippen LogP contribution in [-0.2, 0) is 23.1 Å². The SMILES string of the molecule is CC(C)(C#N)c1cc(F)c(CC(=O)Cc2ccnc(C(=O)NC3(C(F)(F)F)CC3)c2)cc1O. The van der Waals surface area contributed by atoms with Crippen LogP contribution in [0.15, 0.2) is 30.5 Å². The van der Waals surface area contributed by atoms with E-state index in [1.165, 1.54) is 32.2 Å². The highest BCUT2D eigenvalue weighted by Gasteiger charge is 2.64. The van der Waals surface area contributed by atoms with E-state index in [0.717, 1.165) is 12.1 Å². The molecule has 33 heavy (non-hydrogen) atoms. The Balaban J connectivity index is 1.70. The van der Waals surface area contributed by atoms with Gasteiger partial charge in [-0.15, -0.1) is 0 Å². The summed E-state index contributed by atoms with van der Waals surface area (Å²) < 4.78 is 53.7. The lowest BCUT2D eigenvalue weighted by Crippen LogP contribution is -2.48. The van der Waals surface area contributed by atoms with E-state index < -0.39 is 34.6 Å². The first-order chi connectivity index (χ1) is 15.3. The van der Waals surface area contributed by atoms with E-state index in [1.54, 1.807) is 0 Å². The van der Waals surface area contributed by atoms with Gasteiger partial charge in [-0.05, 0) is 62.1 Å². The molecule has 2 N–H and O–H groups in total. The predicted molar refractivity (Wildman–Crippen MR) is 109 cm³/mol. The molecule has 0 unspecified atom stereocenters. The van der Waals surface area contributed by atoms with Crippen LogP contribution in [-0.4, -0.2) is 33.5 Å². The van der Waals surface area contributed by atoms with Crippen molar-refractivity contribution in [1.82, 2.24) is 10.3 Å². The zero-order chi connectivity index (χ0) is 24.6. The van der Waals surface area contributed by atoms with Gasteiger partial charge in [0.1, 0.15) is 28.6 Å². The van der Waals surface area contributed by atoms with E-state index >= 15 is 0 Å². The Hall–Kier alpha value is -3.48. The normalized spacial score (nSPS) is 14.9. The Morgan fingerprint density at radius 1 is 1.21 bits per heavy atom. The van der Waals surface area contributed by atoms with Crippen molar-refractivity contribution in [2.24, 2.45) is 0 Å². The smallest absolute Gasteiger partial charge is 0.411 e. The zero-order valence-corrected chi connectivity index (χ0v) is 17.9. The van der Waals surface area contributed by atoms with Crippen LogP contribution in [0.1, 0.15) is 53.9 Å². The quantitative estimate of drug-likeness (QED) is 0.606. The van der Waals surface area contributed by atoms with Gasteiger partial charge in [-0.25, -0.2) is 4.39 Å². The number of phenolic OH excluding ortho intramolecular Hbond substituents is 1. The molecule has 0 saturated heterocycles. The van der Waals surface area contributed by atoms with Crippen LogP contribution in [0.2, 0.25) is 0 Å². The molecule has 0 atom stereocenters. The van der Waals surface area contributed by atoms with Gasteiger partial charge in [-0.3, -0.25) is 14.6 Å². The number of amides is 1. The molecule has 174 valence electrons. The molecule has 0 radical (unpaired) electrons. The fourth-order valence-electron chi connectivity index (χ4n) is 3.40. The molecular weight excluding hydrogens is 442 g/mol. The minimum atomic E-state index is -4.57. The third-order valence-corrected chi connectivity index (χ3v) is 5.61. The molecular formula is C23H21F4N3O3. The number of benzene rings is 1. The molecule has 1 saturated carbocycles. The van der Waals surface area contributed by atoms with Gasteiger partial charge in [0, 0.05) is 24.6 Å². The van der Waals surface area contributed by atoms with Crippen molar-refractivity contribution in [2.75, 3.05) is 0 Å². The number of rotatable bonds is 7. The third-order valence-electron chi connectivity index (χ3n) is 5.61. The lowest BCUT2D eigenvalue weighted by molar-refractivity contribution is -0.163. The molecule has 1 aromatic carbocycles. The first-order valence-electron chi connectivity index (χ1n) is 10.1. The maximum absolute atomic E-state index is 14.5. The first-order valence-corrected chi connectivity index (χ1v) is 10.1. The van der Waals surface area contributed by atoms with Gasteiger partial charge < -0.3 is 10.4 Å². The number of aromatic hydroxyl groups is 1. The summed E-state index contributed by atoms with van der Waals surface area (Å²) in [6, 6.07) is 6.72. The number of nitriles is 1. The van der Waals surface area contributed by atoms with Crippen LogP contribution in [0.5, 0.6) is 5.75 Å². The van der Waals surface area contributed by atoms with E-state index in [0.29, 0.717) is 5.56 Å². The van der Waals surface area contributed by atoms with Gasteiger partial charge in [-0.1, -0.05) is 0 Å². The number of carbonyl (C=O) groups excluding carboxylic acids is 2. The second-order valence-electron chi connectivity index (χ2n) is 8.67. The second-order valence-corrected chi connectivity index (χ2v) is 8.67. The van der Waals surface area contributed by atoms with Crippen molar-refractivity contribution in [3.63, 3.8) is 0 Å². The average Bonchev–Trinajstić information content (AvgIpc) is 3.51. The van der Waals surface area contributed by atoms with Crippen LogP contribution in [0.3, 0.4) is 0 Å². The lowest BCUT2D eigenvalue weighted by Gasteiger charge is -2.20. The number of carbonyl (C=O) groups is 2. The van der Waals surface area contributed by atoms with Gasteiger partial charge >= 0.3 is 6.18 Å². The third kappa shape index (κ3) is 5.13. The Bertz CT molecular complexity index is 1150. The largest absolute Gasteiger partial charge is 0.508 e. The molecule has 1 aliphatic rings. The highest BCUT2D eigenvalue weighted by atomic mass is 19.4. The fraction of sp³-hybridized carbons (Fsp3) is 0.391. The number of hydrogen-bond donors (Lipinski definition) is 2. The summed E-state index contributed by atoms with van der Waals surface area (Å²) in [5, 5.41) is 21.3. The summed E-state index contributed by atoms with van der Waals surface area (Å²) in [4.78, 5) is 28.5. The molecule has 3 rings (SSSR count). The number of nitrogens with one attached hydrogen (secondary N) is 1. The van der Waals surface area contributed by atoms with E-state index in [2.05, 4.69) is 4.98 Å². The molecule has 6 nitrogen and oxygen atoms in total. The molecule has 1 fully saturated rings. The van der Waals surface area contributed by atoms with Crippen molar-refractivity contribution in [3.05, 3.63) is 58.7 Å². The summed E-state index contributed by atoms with van der Waals surface area (Å²) in [5.41, 5.74) is -3.28. The minimum Gasteiger partial charge on any atom is -0.508 e. The molecule has 1 aliphatic carbocycles. The number of pyridine rings is 1. The predicted octanol–water partition coefficient (Wildman–Crippen LogP) is 3.91. The van der Waals surface area contributed by atoms with Gasteiger partial charge in [0.15, 0.2) is 0 Å². The Morgan fingerprint density at radius 2 is 1.88 bits per heavy atom. The summed E-state index contributed by atoms with van der Waals surface area (Å²) in [7, 11) is 0. The Morgan fingerprint density at radius 3 is 2.45 bits per heavy atom. The Kier molecular flexibility index (Phi) is 6.20. The van der Waals surface area contributed by atoms with Crippen LogP contribution in [0, 0.1) is 17.1 Å². The van der Waals surface area contributed by atoms with Crippen molar-refractivity contribution in [1.29, 1.82) is 5.26 Å². The van der Waals surface area contributed by atoms with Crippen LogP contribution in [0.4, 0.5) is 17.6 Å². The number of hydrogen-bond acceptors (Lipinski definition) is 5. The zero-order valence-electron chi connectivity index (χ0n) is 17.9. The van der Waals surface area contributed by atoms with Crippen LogP contribution in [0.25, 0.3) is 0 Å². The number of phenols is 1. The second kappa shape index (κ2) is 8.46. The van der Waals surface area contributed by atoms with E-state index in [9.17, 15) is 37.5 Å². The van der Waals surface area contributed by atoms with Gasteiger partial charge in [0.25, 0.3) is 5.91 Å². The molecule has 0 bridgehead atoms. The summed E-state index contributed by atoms with van der Waals surface area (Å²) in [6.07, 6.45) is -4.36. The van der Waals surface area contributed by atoms with Crippen molar-refractivity contribution >= 4 is 11.7 Å². The van der Waals surface area contributed by atoms with Crippen molar-refractivity contribution in [3.8, 4) is 11.8 Å². The van der Waals surface area contributed by atoms with Crippen molar-refractivity contribution < 1.29 is 32.3 Å². The molecule has 1 heterocycles. The summed E-state index contributed by atoms with van der Waals surface area (Å²) in [5.74, 6) is -2.51. The molecule has 10 heteroatoms. The average molecular weight is 463 g/mol. The van der Waals surface area contributed by atoms with E-state index in [1.807, 2.05) is 11.4 Å². The number of aromatic nitrogens is 1. The van der Waals surface area contributed by atoms with Gasteiger partial charge in [0.2, 0.25) is 0 Å². The highest BCUT2D eigenvalue weighted by Crippen LogP contribution is 2.49. The van der Waals surface area contributed by atoms with Crippen molar-refractivity contribution in [2.45, 2.75) is 56.7 Å². The molecule has 0 spiro atoms. The lowest BCUT2D eigenvalue weighted by atomic mass is 9.84. The number of ketones is 1. The van der Waals surface area contributed by atoms with Crippen LogP contribution >= 0.6 is 0 Å². The van der Waals surface area contributed by atoms with Gasteiger partial charge in [0.05, 0.1) is 11.5 Å². The summed E-state index contributed by atoms with van der Waals surface area (Å²) >= 11 is 0. The molecule has 1 aromatic heterocycles. The first kappa shape index (κ1) is 24.2. The number of alkyl halides is 3. The van der Waals surface area contributed by atoms with Gasteiger partial charge in [-0.2, -0.15) is 18.4 Å². The standard InChI is InChI=1S/C23H21F4N3O3/c1-21(2,12-28)16-11-17(24)14(10-19(16)32)9-15(31)7-13-3-6-29-18(8-13)20(33)30-22(4-5-22)23(25,26)27/h3,6,8,10-11,32H,4-5,7,9H2,1-2H3,(H,30,33). The highest BCUT2D eigenvalue weighted by molar-refractivity contribution is 5.93. The molecule has 2 aromatic rings.